The zero-order chi connectivity index (χ0) is 19.1. The van der Waals surface area contributed by atoms with Gasteiger partial charge in [-0.2, -0.15) is 5.10 Å². The van der Waals surface area contributed by atoms with Crippen LogP contribution in [0.5, 0.6) is 11.5 Å². The summed E-state index contributed by atoms with van der Waals surface area (Å²) in [4.78, 5) is 13.2. The highest BCUT2D eigenvalue weighted by Crippen LogP contribution is 2.28. The van der Waals surface area contributed by atoms with Gasteiger partial charge in [0.15, 0.2) is 18.1 Å². The van der Waals surface area contributed by atoms with Crippen LogP contribution < -0.4 is 9.47 Å². The first-order valence-electron chi connectivity index (χ1n) is 9.34. The van der Waals surface area contributed by atoms with E-state index in [2.05, 4.69) is 18.9 Å². The molecule has 1 aromatic carbocycles. The number of hydrogen-bond donors (Lipinski definition) is 0. The molecule has 0 bridgehead atoms. The summed E-state index contributed by atoms with van der Waals surface area (Å²) >= 11 is 0. The van der Waals surface area contributed by atoms with Crippen molar-refractivity contribution >= 4 is 12.1 Å². The average molecular weight is 361 g/mol. The van der Waals surface area contributed by atoms with Gasteiger partial charge in [0.05, 0.1) is 12.8 Å². The van der Waals surface area contributed by atoms with Crippen molar-refractivity contribution < 1.29 is 14.3 Å². The smallest absolute Gasteiger partial charge is 0.259 e. The summed E-state index contributed by atoms with van der Waals surface area (Å²) in [5.41, 5.74) is 0.949. The quantitative estimate of drug-likeness (QED) is 0.700. The summed E-state index contributed by atoms with van der Waals surface area (Å²) in [5.74, 6) is 1.10. The first-order chi connectivity index (χ1) is 12.4. The Morgan fingerprint density at radius 2 is 1.92 bits per heavy atom. The Kier molecular flexibility index (Phi) is 7.30. The predicted octanol–water partition coefficient (Wildman–Crippen LogP) is 3.15. The molecule has 0 aromatic heterocycles. The summed E-state index contributed by atoms with van der Waals surface area (Å²) < 4.78 is 11.3. The van der Waals surface area contributed by atoms with Crippen molar-refractivity contribution in [1.82, 2.24) is 9.91 Å². The van der Waals surface area contributed by atoms with Crippen LogP contribution in [0.2, 0.25) is 0 Å². The molecule has 1 fully saturated rings. The first kappa shape index (κ1) is 20.1. The van der Waals surface area contributed by atoms with E-state index in [4.69, 9.17) is 14.6 Å². The Bertz CT molecular complexity index is 621. The first-order valence-corrected chi connectivity index (χ1v) is 9.34. The summed E-state index contributed by atoms with van der Waals surface area (Å²) in [7, 11) is 3.41. The Morgan fingerprint density at radius 3 is 2.54 bits per heavy atom. The van der Waals surface area contributed by atoms with Gasteiger partial charge in [-0.1, -0.05) is 0 Å². The molecule has 2 atom stereocenters. The van der Waals surface area contributed by atoms with E-state index in [1.807, 2.05) is 31.3 Å². The number of carbonyl (C=O) groups excluding carboxylic acids is 1. The number of likely N-dealkylation sites (N-methyl/N-ethyl adjacent to an activating group) is 1. The standard InChI is InChI=1S/C20H31N3O3/c1-6-25-19-12-17(10-11-18(19)26-14-20(24)22(4)5)13-21-23-15(2)8-7-9-16(23)3/h10-13,15-16H,6-9,14H2,1-5H3/b21-13-/t15-,16+. The van der Waals surface area contributed by atoms with Crippen LogP contribution in [0.1, 0.15) is 45.6 Å². The Morgan fingerprint density at radius 1 is 1.23 bits per heavy atom. The molecule has 2 rings (SSSR count). The molecule has 1 aromatic rings. The normalized spacial score (nSPS) is 20.3. The lowest BCUT2D eigenvalue weighted by molar-refractivity contribution is -0.130. The molecular weight excluding hydrogens is 330 g/mol. The summed E-state index contributed by atoms with van der Waals surface area (Å²) in [5, 5.41) is 6.88. The van der Waals surface area contributed by atoms with Crippen molar-refractivity contribution in [1.29, 1.82) is 0 Å². The van der Waals surface area contributed by atoms with Gasteiger partial charge in [0.1, 0.15) is 0 Å². The lowest BCUT2D eigenvalue weighted by Gasteiger charge is -2.36. The third-order valence-corrected chi connectivity index (χ3v) is 4.60. The molecule has 144 valence electrons. The lowest BCUT2D eigenvalue weighted by atomic mass is 10.00. The summed E-state index contributed by atoms with van der Waals surface area (Å²) in [6, 6.07) is 6.59. The Labute approximate surface area is 156 Å². The maximum atomic E-state index is 11.7. The number of nitrogens with zero attached hydrogens (tertiary/aromatic N) is 3. The highest BCUT2D eigenvalue weighted by Gasteiger charge is 2.22. The third-order valence-electron chi connectivity index (χ3n) is 4.60. The van der Waals surface area contributed by atoms with Gasteiger partial charge in [0.2, 0.25) is 0 Å². The number of benzene rings is 1. The zero-order valence-corrected chi connectivity index (χ0v) is 16.6. The van der Waals surface area contributed by atoms with Crippen LogP contribution in [0, 0.1) is 0 Å². The van der Waals surface area contributed by atoms with E-state index < -0.39 is 0 Å². The molecule has 1 aliphatic heterocycles. The molecule has 0 saturated carbocycles. The van der Waals surface area contributed by atoms with Gasteiger partial charge in [0.25, 0.3) is 5.91 Å². The van der Waals surface area contributed by atoms with Crippen LogP contribution in [-0.2, 0) is 4.79 Å². The van der Waals surface area contributed by atoms with Crippen LogP contribution in [0.25, 0.3) is 0 Å². The molecule has 0 aliphatic carbocycles. The topological polar surface area (TPSA) is 54.4 Å². The second kappa shape index (κ2) is 9.46. The van der Waals surface area contributed by atoms with E-state index in [0.717, 1.165) is 5.56 Å². The van der Waals surface area contributed by atoms with E-state index in [9.17, 15) is 4.79 Å². The minimum atomic E-state index is -0.0915. The highest BCUT2D eigenvalue weighted by molar-refractivity contribution is 5.81. The number of rotatable bonds is 7. The van der Waals surface area contributed by atoms with Gasteiger partial charge in [0, 0.05) is 26.2 Å². The van der Waals surface area contributed by atoms with Gasteiger partial charge in [-0.25, -0.2) is 0 Å². The summed E-state index contributed by atoms with van der Waals surface area (Å²) in [6.07, 6.45) is 5.49. The fourth-order valence-corrected chi connectivity index (χ4v) is 3.03. The van der Waals surface area contributed by atoms with Gasteiger partial charge < -0.3 is 14.4 Å². The van der Waals surface area contributed by atoms with Crippen LogP contribution in [0.3, 0.4) is 0 Å². The molecule has 1 amide bonds. The van der Waals surface area contributed by atoms with Gasteiger partial charge in [-0.05, 0) is 63.8 Å². The SMILES string of the molecule is CCOc1cc(/C=N\N2[C@H](C)CCC[C@@H]2C)ccc1OCC(=O)N(C)C. The van der Waals surface area contributed by atoms with Crippen LogP contribution in [-0.4, -0.2) is 61.4 Å². The number of piperidine rings is 1. The van der Waals surface area contributed by atoms with Crippen molar-refractivity contribution in [2.45, 2.75) is 52.1 Å². The number of carbonyl (C=O) groups is 1. The van der Waals surface area contributed by atoms with Gasteiger partial charge in [-0.15, -0.1) is 0 Å². The number of hydrazone groups is 1. The summed E-state index contributed by atoms with van der Waals surface area (Å²) in [6.45, 7) is 6.88. The van der Waals surface area contributed by atoms with E-state index in [1.165, 1.54) is 24.2 Å². The number of hydrogen-bond acceptors (Lipinski definition) is 5. The van der Waals surface area contributed by atoms with Crippen LogP contribution in [0.4, 0.5) is 0 Å². The molecule has 0 N–H and O–H groups in total. The van der Waals surface area contributed by atoms with E-state index in [-0.39, 0.29) is 12.5 Å². The highest BCUT2D eigenvalue weighted by atomic mass is 16.5. The molecule has 1 heterocycles. The number of amides is 1. The lowest BCUT2D eigenvalue weighted by Crippen LogP contribution is -2.39. The van der Waals surface area contributed by atoms with Gasteiger partial charge in [-0.3, -0.25) is 9.80 Å². The molecule has 26 heavy (non-hydrogen) atoms. The molecular formula is C20H31N3O3. The Hall–Kier alpha value is -2.24. The maximum Gasteiger partial charge on any atom is 0.259 e. The molecule has 0 spiro atoms. The third kappa shape index (κ3) is 5.38. The van der Waals surface area contributed by atoms with Crippen molar-refractivity contribution in [2.24, 2.45) is 5.10 Å². The fourth-order valence-electron chi connectivity index (χ4n) is 3.03. The zero-order valence-electron chi connectivity index (χ0n) is 16.6. The molecule has 1 aliphatic rings. The predicted molar refractivity (Wildman–Crippen MR) is 104 cm³/mol. The second-order valence-electron chi connectivity index (χ2n) is 6.97. The number of ether oxygens (including phenoxy) is 2. The molecule has 0 unspecified atom stereocenters. The maximum absolute atomic E-state index is 11.7. The van der Waals surface area contributed by atoms with Crippen molar-refractivity contribution in [2.75, 3.05) is 27.3 Å². The average Bonchev–Trinajstić information content (AvgIpc) is 2.60. The molecule has 1 saturated heterocycles. The minimum absolute atomic E-state index is 0.0106. The second-order valence-corrected chi connectivity index (χ2v) is 6.97. The van der Waals surface area contributed by atoms with Crippen LogP contribution in [0.15, 0.2) is 23.3 Å². The molecule has 0 radical (unpaired) electrons. The van der Waals surface area contributed by atoms with E-state index >= 15 is 0 Å². The molecule has 6 nitrogen and oxygen atoms in total. The largest absolute Gasteiger partial charge is 0.490 e. The Balaban J connectivity index is 2.11. The van der Waals surface area contributed by atoms with Crippen molar-refractivity contribution in [3.8, 4) is 11.5 Å². The fraction of sp³-hybridized carbons (Fsp3) is 0.600. The molecule has 6 heteroatoms. The minimum Gasteiger partial charge on any atom is -0.490 e. The van der Waals surface area contributed by atoms with Gasteiger partial charge >= 0.3 is 0 Å². The van der Waals surface area contributed by atoms with Crippen LogP contribution >= 0.6 is 0 Å². The van der Waals surface area contributed by atoms with E-state index in [1.54, 1.807) is 14.1 Å². The van der Waals surface area contributed by atoms with Crippen molar-refractivity contribution in [3.05, 3.63) is 23.8 Å². The monoisotopic (exact) mass is 361 g/mol. The van der Waals surface area contributed by atoms with Crippen molar-refractivity contribution in [3.63, 3.8) is 0 Å². The van der Waals surface area contributed by atoms with E-state index in [0.29, 0.717) is 30.2 Å².